The second-order valence-corrected chi connectivity index (χ2v) is 3.16. The van der Waals surface area contributed by atoms with E-state index in [-0.39, 0.29) is 0 Å². The average molecular weight is 160 g/mol. The van der Waals surface area contributed by atoms with Crippen molar-refractivity contribution in [2.24, 2.45) is 7.05 Å². The topological polar surface area (TPSA) is 30.9 Å². The standard InChI is InChI=1S/C10H12N2/c1-7-6-12(2)9-5-3-4-8(11)10(7)9/h3-6H,11H2,1-2H3. The fraction of sp³-hybridized carbons (Fsp3) is 0.200. The van der Waals surface area contributed by atoms with E-state index in [1.54, 1.807) is 0 Å². The van der Waals surface area contributed by atoms with Gasteiger partial charge in [-0.1, -0.05) is 6.07 Å². The quantitative estimate of drug-likeness (QED) is 0.587. The molecule has 2 N–H and O–H groups in total. The van der Waals surface area contributed by atoms with Gasteiger partial charge in [0.05, 0.1) is 5.52 Å². The molecule has 0 aliphatic carbocycles. The Labute approximate surface area is 71.6 Å². The molecule has 1 aromatic carbocycles. The maximum Gasteiger partial charge on any atom is 0.0501 e. The Morgan fingerprint density at radius 2 is 2.08 bits per heavy atom. The monoisotopic (exact) mass is 160 g/mol. The molecule has 0 unspecified atom stereocenters. The van der Waals surface area contributed by atoms with Gasteiger partial charge in [0.1, 0.15) is 0 Å². The molecule has 2 heteroatoms. The van der Waals surface area contributed by atoms with Crippen LogP contribution in [0.4, 0.5) is 5.69 Å². The minimum absolute atomic E-state index is 0.866. The Morgan fingerprint density at radius 3 is 2.75 bits per heavy atom. The lowest BCUT2D eigenvalue weighted by Gasteiger charge is -1.98. The molecule has 62 valence electrons. The molecule has 0 radical (unpaired) electrons. The van der Waals surface area contributed by atoms with Gasteiger partial charge in [0, 0.05) is 24.3 Å². The maximum absolute atomic E-state index is 5.86. The molecule has 0 atom stereocenters. The van der Waals surface area contributed by atoms with Crippen LogP contribution < -0.4 is 5.73 Å². The average Bonchev–Trinajstić information content (AvgIpc) is 2.29. The number of anilines is 1. The number of nitrogen functional groups attached to an aromatic ring is 1. The normalized spacial score (nSPS) is 10.8. The van der Waals surface area contributed by atoms with E-state index in [9.17, 15) is 0 Å². The second-order valence-electron chi connectivity index (χ2n) is 3.16. The van der Waals surface area contributed by atoms with Crippen molar-refractivity contribution < 1.29 is 0 Å². The first-order valence-corrected chi connectivity index (χ1v) is 4.00. The lowest BCUT2D eigenvalue weighted by molar-refractivity contribution is 0.964. The molecular weight excluding hydrogens is 148 g/mol. The molecule has 2 nitrogen and oxygen atoms in total. The largest absolute Gasteiger partial charge is 0.398 e. The molecule has 0 bridgehead atoms. The number of aryl methyl sites for hydroxylation is 2. The zero-order valence-electron chi connectivity index (χ0n) is 7.33. The van der Waals surface area contributed by atoms with Crippen molar-refractivity contribution in [3.05, 3.63) is 30.0 Å². The maximum atomic E-state index is 5.86. The van der Waals surface area contributed by atoms with Crippen LogP contribution in [-0.4, -0.2) is 4.57 Å². The highest BCUT2D eigenvalue weighted by Crippen LogP contribution is 2.25. The highest BCUT2D eigenvalue weighted by atomic mass is 14.9. The summed E-state index contributed by atoms with van der Waals surface area (Å²) in [4.78, 5) is 0. The Kier molecular flexibility index (Phi) is 1.37. The Hall–Kier alpha value is -1.44. The number of aromatic nitrogens is 1. The van der Waals surface area contributed by atoms with Crippen molar-refractivity contribution in [2.45, 2.75) is 6.92 Å². The third-order valence-corrected chi connectivity index (χ3v) is 2.24. The third kappa shape index (κ3) is 0.811. The van der Waals surface area contributed by atoms with Gasteiger partial charge < -0.3 is 10.3 Å². The zero-order chi connectivity index (χ0) is 8.72. The van der Waals surface area contributed by atoms with Gasteiger partial charge in [-0.2, -0.15) is 0 Å². The minimum Gasteiger partial charge on any atom is -0.398 e. The van der Waals surface area contributed by atoms with Crippen molar-refractivity contribution in [3.63, 3.8) is 0 Å². The molecule has 1 aromatic heterocycles. The smallest absolute Gasteiger partial charge is 0.0501 e. The molecule has 0 aliphatic heterocycles. The second kappa shape index (κ2) is 2.27. The Balaban J connectivity index is 2.99. The summed E-state index contributed by atoms with van der Waals surface area (Å²) < 4.78 is 2.10. The summed E-state index contributed by atoms with van der Waals surface area (Å²) in [6.45, 7) is 2.08. The molecule has 1 heterocycles. The highest BCUT2D eigenvalue weighted by molar-refractivity contribution is 5.94. The Bertz CT molecular complexity index is 427. The molecule has 0 saturated heterocycles. The van der Waals surface area contributed by atoms with Gasteiger partial charge in [0.15, 0.2) is 0 Å². The van der Waals surface area contributed by atoms with E-state index in [0.717, 1.165) is 5.69 Å². The van der Waals surface area contributed by atoms with Gasteiger partial charge in [-0.15, -0.1) is 0 Å². The summed E-state index contributed by atoms with van der Waals surface area (Å²) in [7, 11) is 2.04. The molecule has 0 spiro atoms. The first kappa shape index (κ1) is 7.22. The van der Waals surface area contributed by atoms with Gasteiger partial charge in [0.25, 0.3) is 0 Å². The van der Waals surface area contributed by atoms with Crippen LogP contribution in [0.15, 0.2) is 24.4 Å². The summed E-state index contributed by atoms with van der Waals surface area (Å²) in [6.07, 6.45) is 2.10. The number of benzene rings is 1. The van der Waals surface area contributed by atoms with E-state index in [2.05, 4.69) is 23.8 Å². The first-order chi connectivity index (χ1) is 5.70. The van der Waals surface area contributed by atoms with Crippen molar-refractivity contribution in [3.8, 4) is 0 Å². The van der Waals surface area contributed by atoms with Gasteiger partial charge in [-0.25, -0.2) is 0 Å². The molecule has 0 fully saturated rings. The SMILES string of the molecule is Cc1cn(C)c2cccc(N)c12. The van der Waals surface area contributed by atoms with Crippen molar-refractivity contribution in [1.82, 2.24) is 4.57 Å². The number of rotatable bonds is 0. The van der Waals surface area contributed by atoms with E-state index >= 15 is 0 Å². The molecule has 12 heavy (non-hydrogen) atoms. The summed E-state index contributed by atoms with van der Waals surface area (Å²) in [5.41, 5.74) is 9.17. The minimum atomic E-state index is 0.866. The first-order valence-electron chi connectivity index (χ1n) is 4.00. The summed E-state index contributed by atoms with van der Waals surface area (Å²) in [5, 5.41) is 1.18. The lowest BCUT2D eigenvalue weighted by atomic mass is 10.1. The van der Waals surface area contributed by atoms with Crippen LogP contribution in [0.25, 0.3) is 10.9 Å². The molecule has 0 aliphatic rings. The number of nitrogens with two attached hydrogens (primary N) is 1. The van der Waals surface area contributed by atoms with Gasteiger partial charge in [-0.05, 0) is 24.6 Å². The van der Waals surface area contributed by atoms with Crippen molar-refractivity contribution in [1.29, 1.82) is 0 Å². The van der Waals surface area contributed by atoms with Crippen LogP contribution >= 0.6 is 0 Å². The van der Waals surface area contributed by atoms with Crippen LogP contribution in [0.5, 0.6) is 0 Å². The molecule has 0 saturated carbocycles. The van der Waals surface area contributed by atoms with Crippen molar-refractivity contribution >= 4 is 16.6 Å². The van der Waals surface area contributed by atoms with E-state index in [0.29, 0.717) is 0 Å². The lowest BCUT2D eigenvalue weighted by Crippen LogP contribution is -1.87. The van der Waals surface area contributed by atoms with E-state index < -0.39 is 0 Å². The molecule has 0 amide bonds. The Morgan fingerprint density at radius 1 is 1.33 bits per heavy atom. The van der Waals surface area contributed by atoms with E-state index in [4.69, 9.17) is 5.73 Å². The summed E-state index contributed by atoms with van der Waals surface area (Å²) in [6, 6.07) is 6.01. The summed E-state index contributed by atoms with van der Waals surface area (Å²) in [5.74, 6) is 0. The van der Waals surface area contributed by atoms with E-state index in [1.807, 2.05) is 19.2 Å². The van der Waals surface area contributed by atoms with Crippen LogP contribution in [0.2, 0.25) is 0 Å². The van der Waals surface area contributed by atoms with Crippen LogP contribution in [0.1, 0.15) is 5.56 Å². The fourth-order valence-electron chi connectivity index (χ4n) is 1.71. The molecule has 2 rings (SSSR count). The number of hydrogen-bond acceptors (Lipinski definition) is 1. The predicted octanol–water partition coefficient (Wildman–Crippen LogP) is 2.07. The van der Waals surface area contributed by atoms with Gasteiger partial charge in [-0.3, -0.25) is 0 Å². The predicted molar refractivity (Wildman–Crippen MR) is 52.1 cm³/mol. The van der Waals surface area contributed by atoms with Crippen molar-refractivity contribution in [2.75, 3.05) is 5.73 Å². The van der Waals surface area contributed by atoms with Gasteiger partial charge in [0.2, 0.25) is 0 Å². The van der Waals surface area contributed by atoms with Crippen LogP contribution in [0, 0.1) is 6.92 Å². The number of fused-ring (bicyclic) bond motifs is 1. The summed E-state index contributed by atoms with van der Waals surface area (Å²) >= 11 is 0. The number of hydrogen-bond donors (Lipinski definition) is 1. The van der Waals surface area contributed by atoms with Crippen LogP contribution in [0.3, 0.4) is 0 Å². The third-order valence-electron chi connectivity index (χ3n) is 2.24. The van der Waals surface area contributed by atoms with Gasteiger partial charge >= 0.3 is 0 Å². The molecular formula is C10H12N2. The molecule has 2 aromatic rings. The van der Waals surface area contributed by atoms with E-state index in [1.165, 1.54) is 16.5 Å². The van der Waals surface area contributed by atoms with Crippen LogP contribution in [-0.2, 0) is 7.05 Å². The fourth-order valence-corrected chi connectivity index (χ4v) is 1.71. The zero-order valence-corrected chi connectivity index (χ0v) is 7.33. The highest BCUT2D eigenvalue weighted by Gasteiger charge is 2.04. The number of nitrogens with zero attached hydrogens (tertiary/aromatic N) is 1.